The van der Waals surface area contributed by atoms with E-state index in [-0.39, 0.29) is 12.2 Å². The van der Waals surface area contributed by atoms with Crippen molar-refractivity contribution in [3.8, 4) is 0 Å². The molecule has 0 aliphatic carbocycles. The van der Waals surface area contributed by atoms with Gasteiger partial charge in [-0.25, -0.2) is 17.9 Å². The summed E-state index contributed by atoms with van der Waals surface area (Å²) in [6, 6.07) is 0. The Balaban J connectivity index is 4.23. The summed E-state index contributed by atoms with van der Waals surface area (Å²) in [6.45, 7) is 8.36. The van der Waals surface area contributed by atoms with E-state index in [4.69, 9.17) is 4.74 Å². The molecular weight excluding hydrogens is 218 g/mol. The molecule has 0 fully saturated rings. The second kappa shape index (κ2) is 5.16. The van der Waals surface area contributed by atoms with Crippen LogP contribution in [-0.4, -0.2) is 25.9 Å². The number of hydrogen-bond acceptors (Lipinski definition) is 4. The molecule has 0 heterocycles. The summed E-state index contributed by atoms with van der Waals surface area (Å²) in [5.74, 6) is -0.171. The summed E-state index contributed by atoms with van der Waals surface area (Å²) in [5.41, 5.74) is -0.710. The monoisotopic (exact) mass is 235 g/mol. The molecule has 0 aromatic carbocycles. The topological polar surface area (TPSA) is 72.5 Å². The molecule has 6 heteroatoms. The molecule has 0 aliphatic heterocycles. The van der Waals surface area contributed by atoms with E-state index in [1.165, 1.54) is 6.08 Å². The maximum atomic E-state index is 11.2. The first-order valence-corrected chi connectivity index (χ1v) is 6.16. The quantitative estimate of drug-likeness (QED) is 0.748. The maximum Gasteiger partial charge on any atom is 0.421 e. The minimum absolute atomic E-state index is 0.171. The third kappa shape index (κ3) is 7.99. The van der Waals surface area contributed by atoms with Gasteiger partial charge >= 0.3 is 6.09 Å². The van der Waals surface area contributed by atoms with Gasteiger partial charge in [0.15, 0.2) is 0 Å². The summed E-state index contributed by atoms with van der Waals surface area (Å²) in [6.07, 6.45) is 0.804. The Labute approximate surface area is 90.6 Å². The third-order valence-corrected chi connectivity index (χ3v) is 2.48. The lowest BCUT2D eigenvalue weighted by Gasteiger charge is -2.19. The molecule has 0 aliphatic rings. The molecule has 0 radical (unpaired) electrons. The van der Waals surface area contributed by atoms with Crippen LogP contribution in [0.25, 0.3) is 0 Å². The van der Waals surface area contributed by atoms with Crippen LogP contribution < -0.4 is 4.72 Å². The average Bonchev–Trinajstić information content (AvgIpc) is 1.95. The number of allylic oxidation sites excluding steroid dienone is 1. The van der Waals surface area contributed by atoms with E-state index < -0.39 is 21.7 Å². The first-order valence-electron chi connectivity index (χ1n) is 4.51. The van der Waals surface area contributed by atoms with Crippen molar-refractivity contribution in [1.29, 1.82) is 0 Å². The van der Waals surface area contributed by atoms with Gasteiger partial charge in [0, 0.05) is 0 Å². The van der Waals surface area contributed by atoms with Crippen molar-refractivity contribution in [2.45, 2.75) is 32.8 Å². The van der Waals surface area contributed by atoms with E-state index in [9.17, 15) is 13.2 Å². The molecule has 0 aromatic heterocycles. The minimum atomic E-state index is -3.61. The number of amides is 1. The number of carbonyl (C=O) groups excluding carboxylic acids is 1. The largest absolute Gasteiger partial charge is 0.443 e. The van der Waals surface area contributed by atoms with E-state index in [0.29, 0.717) is 0 Å². The smallest absolute Gasteiger partial charge is 0.421 e. The Morgan fingerprint density at radius 1 is 1.47 bits per heavy atom. The number of sulfonamides is 1. The van der Waals surface area contributed by atoms with Crippen LogP contribution in [0, 0.1) is 0 Å². The van der Waals surface area contributed by atoms with Gasteiger partial charge in [-0.1, -0.05) is 6.08 Å². The molecule has 0 rings (SSSR count). The zero-order chi connectivity index (χ0) is 12.1. The van der Waals surface area contributed by atoms with E-state index >= 15 is 0 Å². The Kier molecular flexibility index (Phi) is 4.80. The Hall–Kier alpha value is -1.04. The number of ether oxygens (including phenoxy) is 1. The number of nitrogens with one attached hydrogen (secondary N) is 1. The van der Waals surface area contributed by atoms with Gasteiger partial charge in [0.25, 0.3) is 0 Å². The second-order valence-corrected chi connectivity index (χ2v) is 5.84. The summed E-state index contributed by atoms with van der Waals surface area (Å²) in [4.78, 5) is 11.1. The van der Waals surface area contributed by atoms with Crippen LogP contribution in [0.3, 0.4) is 0 Å². The van der Waals surface area contributed by atoms with E-state index in [2.05, 4.69) is 6.58 Å². The number of carbonyl (C=O) groups is 1. The van der Waals surface area contributed by atoms with Crippen LogP contribution in [0.2, 0.25) is 0 Å². The minimum Gasteiger partial charge on any atom is -0.443 e. The zero-order valence-electron chi connectivity index (χ0n) is 9.24. The predicted octanol–water partition coefficient (Wildman–Crippen LogP) is 1.42. The Bertz CT molecular complexity index is 327. The van der Waals surface area contributed by atoms with Crippen molar-refractivity contribution in [3.05, 3.63) is 12.7 Å². The highest BCUT2D eigenvalue weighted by atomic mass is 32.2. The van der Waals surface area contributed by atoms with E-state index in [1.807, 2.05) is 4.72 Å². The molecule has 0 bridgehead atoms. The number of hydrogen-bond donors (Lipinski definition) is 1. The third-order valence-electron chi connectivity index (χ3n) is 1.23. The van der Waals surface area contributed by atoms with Crippen molar-refractivity contribution in [3.63, 3.8) is 0 Å². The first kappa shape index (κ1) is 14.0. The van der Waals surface area contributed by atoms with Gasteiger partial charge < -0.3 is 4.74 Å². The molecule has 0 saturated carbocycles. The molecule has 1 amide bonds. The summed E-state index contributed by atoms with van der Waals surface area (Å²) < 4.78 is 29.1. The molecule has 0 saturated heterocycles. The molecule has 1 N–H and O–H groups in total. The normalized spacial score (nSPS) is 11.9. The molecular formula is C9H17NO4S. The highest BCUT2D eigenvalue weighted by Crippen LogP contribution is 2.07. The summed E-state index contributed by atoms with van der Waals surface area (Å²) in [7, 11) is -3.61. The summed E-state index contributed by atoms with van der Waals surface area (Å²) >= 11 is 0. The lowest BCUT2D eigenvalue weighted by Crippen LogP contribution is -2.37. The van der Waals surface area contributed by atoms with Crippen LogP contribution in [0.5, 0.6) is 0 Å². The fourth-order valence-electron chi connectivity index (χ4n) is 0.715. The molecule has 0 spiro atoms. The van der Waals surface area contributed by atoms with Crippen molar-refractivity contribution >= 4 is 16.1 Å². The van der Waals surface area contributed by atoms with Gasteiger partial charge in [-0.3, -0.25) is 0 Å². The fourth-order valence-corrected chi connectivity index (χ4v) is 1.59. The maximum absolute atomic E-state index is 11.2. The van der Waals surface area contributed by atoms with Gasteiger partial charge in [-0.2, -0.15) is 0 Å². The highest BCUT2D eigenvalue weighted by molar-refractivity contribution is 7.90. The molecule has 0 atom stereocenters. The lowest BCUT2D eigenvalue weighted by atomic mass is 10.2. The van der Waals surface area contributed by atoms with E-state index in [0.717, 1.165) is 0 Å². The van der Waals surface area contributed by atoms with Gasteiger partial charge in [0.1, 0.15) is 5.60 Å². The Morgan fingerprint density at radius 2 is 2.00 bits per heavy atom. The van der Waals surface area contributed by atoms with Gasteiger partial charge in [0.05, 0.1) is 5.75 Å². The van der Waals surface area contributed by atoms with Gasteiger partial charge in [-0.15, -0.1) is 6.58 Å². The van der Waals surface area contributed by atoms with Gasteiger partial charge in [0.2, 0.25) is 10.0 Å². The van der Waals surface area contributed by atoms with Crippen LogP contribution in [0.4, 0.5) is 4.79 Å². The molecule has 0 aromatic rings. The number of rotatable bonds is 4. The van der Waals surface area contributed by atoms with Gasteiger partial charge in [-0.05, 0) is 27.2 Å². The lowest BCUT2D eigenvalue weighted by molar-refractivity contribution is 0.0570. The Morgan fingerprint density at radius 3 is 2.40 bits per heavy atom. The molecule has 0 unspecified atom stereocenters. The average molecular weight is 235 g/mol. The molecule has 5 nitrogen and oxygen atoms in total. The van der Waals surface area contributed by atoms with Crippen LogP contribution >= 0.6 is 0 Å². The summed E-state index contributed by atoms with van der Waals surface area (Å²) in [5, 5.41) is 0. The zero-order valence-corrected chi connectivity index (χ0v) is 10.1. The van der Waals surface area contributed by atoms with Crippen LogP contribution in [0.15, 0.2) is 12.7 Å². The molecule has 15 heavy (non-hydrogen) atoms. The van der Waals surface area contributed by atoms with Crippen LogP contribution in [-0.2, 0) is 14.8 Å². The molecule has 88 valence electrons. The van der Waals surface area contributed by atoms with Crippen molar-refractivity contribution < 1.29 is 17.9 Å². The predicted molar refractivity (Wildman–Crippen MR) is 58.0 cm³/mol. The second-order valence-electron chi connectivity index (χ2n) is 4.00. The highest BCUT2D eigenvalue weighted by Gasteiger charge is 2.20. The SMILES string of the molecule is C=CCCS(=O)(=O)NC(=O)OC(C)(C)C. The fraction of sp³-hybridized carbons (Fsp3) is 0.667. The van der Waals surface area contributed by atoms with Crippen molar-refractivity contribution in [2.24, 2.45) is 0 Å². The van der Waals surface area contributed by atoms with Crippen molar-refractivity contribution in [2.75, 3.05) is 5.75 Å². The van der Waals surface area contributed by atoms with E-state index in [1.54, 1.807) is 20.8 Å². The van der Waals surface area contributed by atoms with Crippen LogP contribution in [0.1, 0.15) is 27.2 Å². The standard InChI is InChI=1S/C9H17NO4S/c1-5-6-7-15(12,13)10-8(11)14-9(2,3)4/h5H,1,6-7H2,2-4H3,(H,10,11). The first-order chi connectivity index (χ1) is 6.66. The van der Waals surface area contributed by atoms with Crippen molar-refractivity contribution in [1.82, 2.24) is 4.72 Å².